The molecule has 0 unspecified atom stereocenters. The molecule has 10 heteroatoms. The van der Waals surface area contributed by atoms with Crippen molar-refractivity contribution in [2.75, 3.05) is 25.4 Å². The molecule has 0 saturated carbocycles. The molecule has 4 aromatic rings. The fourth-order valence-corrected chi connectivity index (χ4v) is 4.42. The molecule has 5 rings (SSSR count). The van der Waals surface area contributed by atoms with Gasteiger partial charge in [-0.15, -0.1) is 5.10 Å². The second kappa shape index (κ2) is 9.76. The first-order chi connectivity index (χ1) is 17.7. The number of aromatic nitrogens is 4. The monoisotopic (exact) mass is 504 g/mol. The number of hydrogen-bond acceptors (Lipinski definition) is 8. The summed E-state index contributed by atoms with van der Waals surface area (Å²) in [6, 6.07) is 9.60. The Morgan fingerprint density at radius 3 is 2.65 bits per heavy atom. The van der Waals surface area contributed by atoms with Gasteiger partial charge in [0.05, 0.1) is 23.8 Å². The maximum atomic E-state index is 12.5. The normalized spacial score (nSPS) is 14.8. The van der Waals surface area contributed by atoms with Gasteiger partial charge in [-0.3, -0.25) is 4.68 Å². The lowest BCUT2D eigenvalue weighted by molar-refractivity contribution is 0.0184. The summed E-state index contributed by atoms with van der Waals surface area (Å²) in [6.45, 7) is 9.22. The Hall–Kier alpha value is -4.08. The van der Waals surface area contributed by atoms with Crippen molar-refractivity contribution in [2.24, 2.45) is 0 Å². The molecular formula is C27H32N6O4. The van der Waals surface area contributed by atoms with Crippen molar-refractivity contribution < 1.29 is 18.7 Å². The van der Waals surface area contributed by atoms with Crippen LogP contribution in [0.15, 0.2) is 47.1 Å². The molecule has 1 amide bonds. The van der Waals surface area contributed by atoms with Crippen LogP contribution in [0.2, 0.25) is 0 Å². The van der Waals surface area contributed by atoms with Gasteiger partial charge in [-0.05, 0) is 58.7 Å². The number of carbonyl (C=O) groups is 1. The average Bonchev–Trinajstić information content (AvgIpc) is 3.48. The molecule has 194 valence electrons. The first-order valence-electron chi connectivity index (χ1n) is 12.5. The molecule has 0 radical (unpaired) electrons. The topological polar surface area (TPSA) is 122 Å². The van der Waals surface area contributed by atoms with Crippen LogP contribution in [0.4, 0.5) is 10.6 Å². The molecule has 10 nitrogen and oxygen atoms in total. The Kier molecular flexibility index (Phi) is 6.49. The molecule has 1 saturated heterocycles. The Labute approximate surface area is 215 Å². The molecule has 4 heterocycles. The van der Waals surface area contributed by atoms with Gasteiger partial charge >= 0.3 is 6.09 Å². The highest BCUT2D eigenvalue weighted by Crippen LogP contribution is 2.36. The summed E-state index contributed by atoms with van der Waals surface area (Å²) in [7, 11) is 0. The van der Waals surface area contributed by atoms with E-state index in [4.69, 9.17) is 24.7 Å². The number of nitrogens with two attached hydrogens (primary N) is 1. The number of likely N-dealkylation sites (tertiary alicyclic amines) is 1. The summed E-state index contributed by atoms with van der Waals surface area (Å²) >= 11 is 0. The molecule has 0 spiro atoms. The maximum absolute atomic E-state index is 12.5. The summed E-state index contributed by atoms with van der Waals surface area (Å²) in [6.07, 6.45) is 4.93. The molecule has 0 atom stereocenters. The first kappa shape index (κ1) is 24.6. The second-order valence-corrected chi connectivity index (χ2v) is 10.1. The van der Waals surface area contributed by atoms with Gasteiger partial charge in [-0.25, -0.2) is 14.8 Å². The number of amides is 1. The van der Waals surface area contributed by atoms with E-state index in [0.29, 0.717) is 48.4 Å². The fraction of sp³-hybridized carbons (Fsp3) is 0.407. The van der Waals surface area contributed by atoms with Crippen LogP contribution in [0.3, 0.4) is 0 Å². The maximum Gasteiger partial charge on any atom is 0.410 e. The van der Waals surface area contributed by atoms with Gasteiger partial charge in [-0.2, -0.15) is 0 Å². The molecule has 1 fully saturated rings. The largest absolute Gasteiger partial charge is 0.476 e. The minimum atomic E-state index is -0.513. The van der Waals surface area contributed by atoms with Crippen molar-refractivity contribution in [3.63, 3.8) is 0 Å². The number of anilines is 1. The van der Waals surface area contributed by atoms with E-state index in [1.807, 2.05) is 68.9 Å². The van der Waals surface area contributed by atoms with Crippen molar-refractivity contribution in [2.45, 2.75) is 52.2 Å². The van der Waals surface area contributed by atoms with E-state index in [-0.39, 0.29) is 12.1 Å². The van der Waals surface area contributed by atoms with E-state index in [1.54, 1.807) is 11.1 Å². The summed E-state index contributed by atoms with van der Waals surface area (Å²) in [4.78, 5) is 23.2. The third-order valence-electron chi connectivity index (χ3n) is 6.22. The highest BCUT2D eigenvalue weighted by atomic mass is 16.6. The van der Waals surface area contributed by atoms with Gasteiger partial charge in [0.2, 0.25) is 11.8 Å². The van der Waals surface area contributed by atoms with Crippen molar-refractivity contribution in [3.05, 3.63) is 42.7 Å². The SMILES string of the molecule is CCOc1nn(C2CCN(C(=O)OC(C)(C)C)CC2)cc1-c1cnc(N)c(-c2nc3ccccc3o2)c1. The van der Waals surface area contributed by atoms with Crippen molar-refractivity contribution in [3.8, 4) is 28.5 Å². The average molecular weight is 505 g/mol. The Bertz CT molecular complexity index is 1380. The smallest absolute Gasteiger partial charge is 0.410 e. The van der Waals surface area contributed by atoms with Crippen LogP contribution in [0.5, 0.6) is 5.88 Å². The second-order valence-electron chi connectivity index (χ2n) is 10.1. The number of nitrogens with zero attached hydrogens (tertiary/aromatic N) is 5. The van der Waals surface area contributed by atoms with Crippen LogP contribution < -0.4 is 10.5 Å². The molecule has 1 aliphatic heterocycles. The predicted octanol–water partition coefficient (Wildman–Crippen LogP) is 5.31. The predicted molar refractivity (Wildman–Crippen MR) is 140 cm³/mol. The number of benzene rings is 1. The third kappa shape index (κ3) is 5.23. The van der Waals surface area contributed by atoms with Gasteiger partial charge in [0, 0.05) is 31.0 Å². The highest BCUT2D eigenvalue weighted by molar-refractivity contribution is 5.81. The molecule has 0 aliphatic carbocycles. The van der Waals surface area contributed by atoms with E-state index in [9.17, 15) is 4.79 Å². The number of piperidine rings is 1. The number of rotatable bonds is 5. The zero-order valence-corrected chi connectivity index (χ0v) is 21.6. The number of pyridine rings is 1. The van der Waals surface area contributed by atoms with E-state index in [2.05, 4.69) is 9.97 Å². The standard InChI is InChI=1S/C27H32N6O4/c1-5-35-25-20(16-33(31-25)18-10-12-32(13-11-18)26(34)37-27(2,3)4)17-14-19(23(28)29-15-17)24-30-21-8-6-7-9-22(21)36-24/h6-9,14-16,18H,5,10-13H2,1-4H3,(H2,28,29). The van der Waals surface area contributed by atoms with E-state index >= 15 is 0 Å². The molecule has 0 bridgehead atoms. The van der Waals surface area contributed by atoms with Crippen LogP contribution >= 0.6 is 0 Å². The fourth-order valence-electron chi connectivity index (χ4n) is 4.42. The van der Waals surface area contributed by atoms with Crippen LogP contribution in [0, 0.1) is 0 Å². The zero-order valence-electron chi connectivity index (χ0n) is 21.6. The van der Waals surface area contributed by atoms with Gasteiger partial charge < -0.3 is 24.5 Å². The van der Waals surface area contributed by atoms with Gasteiger partial charge in [-0.1, -0.05) is 12.1 Å². The summed E-state index contributed by atoms with van der Waals surface area (Å²) in [5.74, 6) is 1.26. The lowest BCUT2D eigenvalue weighted by Gasteiger charge is -2.33. The minimum absolute atomic E-state index is 0.130. The number of oxazole rings is 1. The number of hydrogen-bond donors (Lipinski definition) is 1. The lowest BCUT2D eigenvalue weighted by atomic mass is 10.1. The molecule has 2 N–H and O–H groups in total. The van der Waals surface area contributed by atoms with Gasteiger partial charge in [0.25, 0.3) is 0 Å². The zero-order chi connectivity index (χ0) is 26.2. The van der Waals surface area contributed by atoms with E-state index in [0.717, 1.165) is 29.5 Å². The van der Waals surface area contributed by atoms with E-state index < -0.39 is 5.60 Å². The quantitative estimate of drug-likeness (QED) is 0.388. The molecule has 1 aliphatic rings. The lowest BCUT2D eigenvalue weighted by Crippen LogP contribution is -2.42. The first-order valence-corrected chi connectivity index (χ1v) is 12.5. The van der Waals surface area contributed by atoms with Crippen molar-refractivity contribution in [1.82, 2.24) is 24.6 Å². The number of fused-ring (bicyclic) bond motifs is 1. The summed E-state index contributed by atoms with van der Waals surface area (Å²) < 4.78 is 19.3. The number of ether oxygens (including phenoxy) is 2. The summed E-state index contributed by atoms with van der Waals surface area (Å²) in [5, 5.41) is 4.75. The van der Waals surface area contributed by atoms with Crippen molar-refractivity contribution >= 4 is 23.0 Å². The Balaban J connectivity index is 1.40. The summed E-state index contributed by atoms with van der Waals surface area (Å²) in [5.41, 5.74) is 9.34. The van der Waals surface area contributed by atoms with Gasteiger partial charge in [0.15, 0.2) is 5.58 Å². The number of nitrogen functional groups attached to an aromatic ring is 1. The Morgan fingerprint density at radius 1 is 1.19 bits per heavy atom. The third-order valence-corrected chi connectivity index (χ3v) is 6.22. The number of para-hydroxylation sites is 2. The van der Waals surface area contributed by atoms with Crippen molar-refractivity contribution in [1.29, 1.82) is 0 Å². The van der Waals surface area contributed by atoms with E-state index in [1.165, 1.54) is 0 Å². The molecule has 3 aromatic heterocycles. The molecule has 37 heavy (non-hydrogen) atoms. The van der Waals surface area contributed by atoms with Crippen LogP contribution in [0.1, 0.15) is 46.6 Å². The minimum Gasteiger partial charge on any atom is -0.476 e. The van der Waals surface area contributed by atoms with Crippen LogP contribution in [-0.2, 0) is 4.74 Å². The molecular weight excluding hydrogens is 472 g/mol. The van der Waals surface area contributed by atoms with Crippen LogP contribution in [0.25, 0.3) is 33.7 Å². The van der Waals surface area contributed by atoms with Crippen LogP contribution in [-0.4, -0.2) is 56.0 Å². The highest BCUT2D eigenvalue weighted by Gasteiger charge is 2.29. The van der Waals surface area contributed by atoms with Gasteiger partial charge in [0.1, 0.15) is 16.9 Å². The Morgan fingerprint density at radius 2 is 1.95 bits per heavy atom. The number of carbonyl (C=O) groups excluding carboxylic acids is 1. The molecule has 1 aromatic carbocycles.